The molecule has 0 unspecified atom stereocenters. The van der Waals surface area contributed by atoms with Crippen LogP contribution in [0, 0.1) is 4.91 Å². The summed E-state index contributed by atoms with van der Waals surface area (Å²) in [6.07, 6.45) is 0. The van der Waals surface area contributed by atoms with E-state index in [0.29, 0.717) is 0 Å². The monoisotopic (exact) mass is 90.1 g/mol. The summed E-state index contributed by atoms with van der Waals surface area (Å²) in [6.45, 7) is 3.21. The van der Waals surface area contributed by atoms with Crippen molar-refractivity contribution in [1.82, 2.24) is 0 Å². The van der Waals surface area contributed by atoms with Gasteiger partial charge in [0.15, 0.2) is 0 Å². The van der Waals surface area contributed by atoms with Gasteiger partial charge in [-0.2, -0.15) is 0 Å². The minimum Gasteiger partial charge on any atom is -0.246 e. The molecule has 1 N–H and O–H groups in total. The third-order valence-electron chi connectivity index (χ3n) is 0.442. The topological polar surface area (TPSA) is 40.3 Å². The van der Waals surface area contributed by atoms with Gasteiger partial charge in [0.1, 0.15) is 0 Å². The molecule has 0 aromatic rings. The van der Waals surface area contributed by atoms with E-state index in [-0.39, 0.29) is 11.0 Å². The first kappa shape index (κ1) is 5.40. The summed E-state index contributed by atoms with van der Waals surface area (Å²) in [4.78, 5) is 9.53. The lowest BCUT2D eigenvalue weighted by molar-refractivity contribution is -0.811. The van der Waals surface area contributed by atoms with Crippen LogP contribution < -0.4 is 0 Å². The molecule has 3 nitrogen and oxygen atoms in total. The fourth-order valence-corrected chi connectivity index (χ4v) is 0. The smallest absolute Gasteiger partial charge is 0.246 e. The normalized spacial score (nSPS) is 9.17. The molecule has 0 fully saturated rings. The van der Waals surface area contributed by atoms with Gasteiger partial charge in [-0.25, -0.2) is 5.21 Å². The molecule has 0 heterocycles. The highest BCUT2D eigenvalue weighted by molar-refractivity contribution is 4.22. The third kappa shape index (κ3) is 1.69. The van der Waals surface area contributed by atoms with Crippen molar-refractivity contribution < 1.29 is 10.1 Å². The SMILES string of the molecule is CC(C)[N+](=O)O. The van der Waals surface area contributed by atoms with Crippen molar-refractivity contribution >= 4 is 0 Å². The summed E-state index contributed by atoms with van der Waals surface area (Å²) < 4.78 is 0. The van der Waals surface area contributed by atoms with E-state index in [1.165, 1.54) is 0 Å². The summed E-state index contributed by atoms with van der Waals surface area (Å²) in [5.41, 5.74) is 0. The summed E-state index contributed by atoms with van der Waals surface area (Å²) in [5.74, 6) is 0. The molecule has 0 bridgehead atoms. The van der Waals surface area contributed by atoms with E-state index in [1.54, 1.807) is 13.8 Å². The van der Waals surface area contributed by atoms with Crippen molar-refractivity contribution in [2.24, 2.45) is 0 Å². The Bertz CT molecular complexity index is 59.8. The van der Waals surface area contributed by atoms with Gasteiger partial charge in [0.05, 0.1) is 4.91 Å². The zero-order valence-electron chi connectivity index (χ0n) is 3.88. The van der Waals surface area contributed by atoms with Crippen LogP contribution in [0.4, 0.5) is 0 Å². The zero-order chi connectivity index (χ0) is 5.15. The first-order valence-corrected chi connectivity index (χ1v) is 1.80. The molecular formula is C3H8NO2+. The van der Waals surface area contributed by atoms with Gasteiger partial charge in [-0.3, -0.25) is 0 Å². The summed E-state index contributed by atoms with van der Waals surface area (Å²) >= 11 is 0. The van der Waals surface area contributed by atoms with Gasteiger partial charge < -0.3 is 0 Å². The second-order valence-electron chi connectivity index (χ2n) is 1.40. The van der Waals surface area contributed by atoms with E-state index in [1.807, 2.05) is 0 Å². The molecule has 0 spiro atoms. The minimum absolute atomic E-state index is 0.0833. The van der Waals surface area contributed by atoms with Crippen molar-refractivity contribution in [1.29, 1.82) is 0 Å². The highest BCUT2D eigenvalue weighted by Gasteiger charge is 2.07. The quantitative estimate of drug-likeness (QED) is 0.478. The Morgan fingerprint density at radius 2 is 1.83 bits per heavy atom. The van der Waals surface area contributed by atoms with Crippen LogP contribution in [0.15, 0.2) is 0 Å². The van der Waals surface area contributed by atoms with Crippen LogP contribution in [-0.4, -0.2) is 16.2 Å². The second-order valence-corrected chi connectivity index (χ2v) is 1.40. The Balaban J connectivity index is 3.26. The van der Waals surface area contributed by atoms with E-state index < -0.39 is 0 Å². The van der Waals surface area contributed by atoms with Crippen molar-refractivity contribution in [2.75, 3.05) is 0 Å². The Labute approximate surface area is 36.1 Å². The van der Waals surface area contributed by atoms with Gasteiger partial charge >= 0.3 is 0 Å². The van der Waals surface area contributed by atoms with Crippen molar-refractivity contribution in [2.45, 2.75) is 19.9 Å². The average molecular weight is 90.1 g/mol. The van der Waals surface area contributed by atoms with Gasteiger partial charge in [-0.05, 0) is 0 Å². The number of rotatable bonds is 1. The third-order valence-corrected chi connectivity index (χ3v) is 0.442. The molecule has 0 aliphatic rings. The molecule has 0 saturated heterocycles. The Morgan fingerprint density at radius 3 is 1.83 bits per heavy atom. The van der Waals surface area contributed by atoms with Crippen LogP contribution >= 0.6 is 0 Å². The molecule has 0 radical (unpaired) electrons. The maximum atomic E-state index is 9.62. The van der Waals surface area contributed by atoms with Crippen molar-refractivity contribution in [3.05, 3.63) is 4.91 Å². The highest BCUT2D eigenvalue weighted by Crippen LogP contribution is 1.77. The van der Waals surface area contributed by atoms with E-state index in [2.05, 4.69) is 0 Å². The molecule has 0 aromatic heterocycles. The molecule has 6 heavy (non-hydrogen) atoms. The highest BCUT2D eigenvalue weighted by atomic mass is 16.6. The van der Waals surface area contributed by atoms with Crippen LogP contribution in [-0.2, 0) is 0 Å². The molecule has 0 amide bonds. The van der Waals surface area contributed by atoms with E-state index in [0.717, 1.165) is 0 Å². The Hall–Kier alpha value is -0.600. The molecule has 3 heteroatoms. The molecule has 0 aromatic carbocycles. The lowest BCUT2D eigenvalue weighted by Crippen LogP contribution is -2.11. The first-order valence-electron chi connectivity index (χ1n) is 1.80. The molecule has 36 valence electrons. The van der Waals surface area contributed by atoms with Gasteiger partial charge in [0.25, 0.3) is 6.04 Å². The Morgan fingerprint density at radius 1 is 1.67 bits per heavy atom. The van der Waals surface area contributed by atoms with Crippen LogP contribution in [0.3, 0.4) is 0 Å². The molecular weight excluding hydrogens is 82.0 g/mol. The Kier molecular flexibility index (Phi) is 1.57. The fraction of sp³-hybridized carbons (Fsp3) is 1.00. The summed E-state index contributed by atoms with van der Waals surface area (Å²) in [5, 5.41) is 7.91. The van der Waals surface area contributed by atoms with E-state index in [9.17, 15) is 4.91 Å². The zero-order valence-corrected chi connectivity index (χ0v) is 3.88. The lowest BCUT2D eigenvalue weighted by Gasteiger charge is -1.79. The van der Waals surface area contributed by atoms with Gasteiger partial charge in [-0.15, -0.1) is 0 Å². The molecule has 0 atom stereocenters. The van der Waals surface area contributed by atoms with Crippen LogP contribution in [0.2, 0.25) is 0 Å². The largest absolute Gasteiger partial charge is 0.251 e. The standard InChI is InChI=1S/C3H8NO2/c1-3(2)4(5)6/h3H,1-2H3,(H,5,6)/q+1. The van der Waals surface area contributed by atoms with Crippen LogP contribution in [0.1, 0.15) is 13.8 Å². The maximum Gasteiger partial charge on any atom is 0.251 e. The van der Waals surface area contributed by atoms with Crippen LogP contribution in [0.25, 0.3) is 0 Å². The average Bonchev–Trinajstić information content (AvgIpc) is 1.36. The van der Waals surface area contributed by atoms with E-state index >= 15 is 0 Å². The van der Waals surface area contributed by atoms with E-state index in [4.69, 9.17) is 5.21 Å². The molecule has 0 aliphatic heterocycles. The predicted molar refractivity (Wildman–Crippen MR) is 20.5 cm³/mol. The lowest BCUT2D eigenvalue weighted by atomic mass is 10.4. The van der Waals surface area contributed by atoms with Crippen molar-refractivity contribution in [3.63, 3.8) is 0 Å². The number of hydrogen-bond donors (Lipinski definition) is 1. The van der Waals surface area contributed by atoms with Crippen LogP contribution in [0.5, 0.6) is 0 Å². The summed E-state index contributed by atoms with van der Waals surface area (Å²) in [6, 6.07) is -0.315. The predicted octanol–water partition coefficient (Wildman–Crippen LogP) is 0.563. The molecule has 0 saturated carbocycles. The van der Waals surface area contributed by atoms with Crippen molar-refractivity contribution in [3.8, 4) is 0 Å². The second kappa shape index (κ2) is 1.74. The first-order chi connectivity index (χ1) is 2.64. The molecule has 0 rings (SSSR count). The van der Waals surface area contributed by atoms with Gasteiger partial charge in [0, 0.05) is 13.8 Å². The molecule has 0 aliphatic carbocycles. The minimum atomic E-state index is -0.315. The summed E-state index contributed by atoms with van der Waals surface area (Å²) in [7, 11) is 0. The maximum absolute atomic E-state index is 9.62. The van der Waals surface area contributed by atoms with Gasteiger partial charge in [0.2, 0.25) is 4.92 Å². The fourth-order valence-electron chi connectivity index (χ4n) is 0. The number of hydrogen-bond acceptors (Lipinski definition) is 1. The van der Waals surface area contributed by atoms with Gasteiger partial charge in [-0.1, -0.05) is 0 Å². The number of nitrogens with zero attached hydrogens (tertiary/aromatic N) is 1.